The van der Waals surface area contributed by atoms with Gasteiger partial charge in [-0.05, 0) is 37.1 Å². The van der Waals surface area contributed by atoms with Crippen LogP contribution < -0.4 is 0 Å². The van der Waals surface area contributed by atoms with Crippen molar-refractivity contribution < 1.29 is 18.6 Å². The second kappa shape index (κ2) is 6.25. The molecule has 22 heavy (non-hydrogen) atoms. The second-order valence-corrected chi connectivity index (χ2v) is 4.56. The summed E-state index contributed by atoms with van der Waals surface area (Å²) in [7, 11) is 0. The van der Waals surface area contributed by atoms with E-state index in [1.165, 1.54) is 12.1 Å². The normalized spacial score (nSPS) is 10.5. The summed E-state index contributed by atoms with van der Waals surface area (Å²) < 4.78 is 26.1. The lowest BCUT2D eigenvalue weighted by molar-refractivity contribution is -0.386. The molecule has 0 aromatic heterocycles. The summed E-state index contributed by atoms with van der Waals surface area (Å²) in [4.78, 5) is 20.4. The molecule has 0 radical (unpaired) electrons. The molecule has 2 aromatic rings. The monoisotopic (exact) mass is 308 g/mol. The molecule has 0 spiro atoms. The Morgan fingerprint density at radius 1 is 0.773 bits per heavy atom. The van der Waals surface area contributed by atoms with E-state index in [4.69, 9.17) is 0 Å². The quantitative estimate of drug-likeness (QED) is 0.624. The maximum atomic E-state index is 13.0. The van der Waals surface area contributed by atoms with E-state index in [0.29, 0.717) is 0 Å². The topological polar surface area (TPSA) is 86.3 Å². The highest BCUT2D eigenvalue weighted by Gasteiger charge is 2.18. The standard InChI is InChI=1S/C14H10F2N2O4/c15-11-5-3-9(13(7-11)17(19)20)1-2-10-4-6-12(16)8-14(10)18(21)22/h3-8H,1-2H2. The molecule has 0 fully saturated rings. The van der Waals surface area contributed by atoms with Crippen LogP contribution in [0, 0.1) is 31.9 Å². The summed E-state index contributed by atoms with van der Waals surface area (Å²) in [6.07, 6.45) is 0.201. The molecular formula is C14H10F2N2O4. The van der Waals surface area contributed by atoms with E-state index in [1.807, 2.05) is 0 Å². The van der Waals surface area contributed by atoms with Crippen molar-refractivity contribution in [2.24, 2.45) is 0 Å². The van der Waals surface area contributed by atoms with Crippen molar-refractivity contribution in [1.29, 1.82) is 0 Å². The molecule has 0 heterocycles. The molecule has 0 aliphatic heterocycles. The van der Waals surface area contributed by atoms with Crippen molar-refractivity contribution in [2.45, 2.75) is 12.8 Å². The molecule has 0 aliphatic carbocycles. The van der Waals surface area contributed by atoms with E-state index in [2.05, 4.69) is 0 Å². The zero-order valence-electron chi connectivity index (χ0n) is 11.2. The summed E-state index contributed by atoms with van der Waals surface area (Å²) in [6, 6.07) is 6.30. The van der Waals surface area contributed by atoms with Crippen molar-refractivity contribution >= 4 is 11.4 Å². The number of nitrogens with zero attached hydrogens (tertiary/aromatic N) is 2. The maximum Gasteiger partial charge on any atom is 0.275 e. The van der Waals surface area contributed by atoms with E-state index < -0.39 is 21.5 Å². The van der Waals surface area contributed by atoms with Crippen molar-refractivity contribution in [2.75, 3.05) is 0 Å². The van der Waals surface area contributed by atoms with Crippen LogP contribution in [-0.2, 0) is 12.8 Å². The van der Waals surface area contributed by atoms with Gasteiger partial charge in [-0.25, -0.2) is 8.78 Å². The average Bonchev–Trinajstić information content (AvgIpc) is 2.46. The molecule has 2 aromatic carbocycles. The average molecular weight is 308 g/mol. The zero-order valence-corrected chi connectivity index (χ0v) is 11.2. The minimum absolute atomic E-state index is 0.100. The van der Waals surface area contributed by atoms with Gasteiger partial charge in [-0.2, -0.15) is 0 Å². The molecule has 8 heteroatoms. The SMILES string of the molecule is O=[N+]([O-])c1cc(F)ccc1CCc1ccc(F)cc1[N+](=O)[O-]. The van der Waals surface area contributed by atoms with E-state index >= 15 is 0 Å². The highest BCUT2D eigenvalue weighted by molar-refractivity contribution is 5.44. The Kier molecular flexibility index (Phi) is 4.40. The number of aryl methyl sites for hydroxylation is 2. The van der Waals surface area contributed by atoms with Gasteiger partial charge in [0.2, 0.25) is 0 Å². The molecule has 0 bridgehead atoms. The Hall–Kier alpha value is -2.90. The van der Waals surface area contributed by atoms with Crippen LogP contribution in [0.1, 0.15) is 11.1 Å². The van der Waals surface area contributed by atoms with Crippen LogP contribution >= 0.6 is 0 Å². The molecule has 6 nitrogen and oxygen atoms in total. The fourth-order valence-corrected chi connectivity index (χ4v) is 2.11. The van der Waals surface area contributed by atoms with Gasteiger partial charge >= 0.3 is 0 Å². The van der Waals surface area contributed by atoms with Crippen molar-refractivity contribution in [3.63, 3.8) is 0 Å². The molecule has 2 rings (SSSR count). The highest BCUT2D eigenvalue weighted by Crippen LogP contribution is 2.25. The van der Waals surface area contributed by atoms with Crippen molar-refractivity contribution in [3.05, 3.63) is 79.4 Å². The van der Waals surface area contributed by atoms with E-state index in [-0.39, 0.29) is 35.3 Å². The van der Waals surface area contributed by atoms with Gasteiger partial charge in [-0.15, -0.1) is 0 Å². The number of nitro groups is 2. The molecule has 0 saturated carbocycles. The van der Waals surface area contributed by atoms with Crippen LogP contribution in [0.15, 0.2) is 36.4 Å². The van der Waals surface area contributed by atoms with Gasteiger partial charge in [-0.1, -0.05) is 0 Å². The first kappa shape index (κ1) is 15.5. The molecule has 0 unspecified atom stereocenters. The number of halogens is 2. The van der Waals surface area contributed by atoms with Crippen LogP contribution in [0.4, 0.5) is 20.2 Å². The Bertz CT molecular complexity index is 686. The van der Waals surface area contributed by atoms with Crippen molar-refractivity contribution in [1.82, 2.24) is 0 Å². The fourth-order valence-electron chi connectivity index (χ4n) is 2.11. The zero-order chi connectivity index (χ0) is 16.3. The van der Waals surface area contributed by atoms with Crippen molar-refractivity contribution in [3.8, 4) is 0 Å². The third-order valence-electron chi connectivity index (χ3n) is 3.15. The van der Waals surface area contributed by atoms with Gasteiger partial charge in [0.1, 0.15) is 11.6 Å². The van der Waals surface area contributed by atoms with Gasteiger partial charge < -0.3 is 0 Å². The summed E-state index contributed by atoms with van der Waals surface area (Å²) in [6.45, 7) is 0. The lowest BCUT2D eigenvalue weighted by Gasteiger charge is -2.05. The molecule has 0 N–H and O–H groups in total. The number of rotatable bonds is 5. The smallest absolute Gasteiger partial charge is 0.258 e. The summed E-state index contributed by atoms with van der Waals surface area (Å²) >= 11 is 0. The van der Waals surface area contributed by atoms with Crippen LogP contribution in [0.3, 0.4) is 0 Å². The summed E-state index contributed by atoms with van der Waals surface area (Å²) in [5.41, 5.74) is -0.260. The predicted molar refractivity (Wildman–Crippen MR) is 73.5 cm³/mol. The van der Waals surface area contributed by atoms with Gasteiger partial charge in [0.15, 0.2) is 0 Å². The summed E-state index contributed by atoms with van der Waals surface area (Å²) in [5.74, 6) is -1.47. The van der Waals surface area contributed by atoms with Crippen LogP contribution in [0.2, 0.25) is 0 Å². The lowest BCUT2D eigenvalue weighted by atomic mass is 10.0. The lowest BCUT2D eigenvalue weighted by Crippen LogP contribution is -2.01. The minimum Gasteiger partial charge on any atom is -0.258 e. The van der Waals surface area contributed by atoms with Crippen LogP contribution in [-0.4, -0.2) is 9.85 Å². The van der Waals surface area contributed by atoms with Gasteiger partial charge in [0.25, 0.3) is 11.4 Å². The molecular weight excluding hydrogens is 298 g/mol. The minimum atomic E-state index is -0.733. The first-order valence-electron chi connectivity index (χ1n) is 6.24. The number of hydrogen-bond donors (Lipinski definition) is 0. The second-order valence-electron chi connectivity index (χ2n) is 4.56. The fraction of sp³-hybridized carbons (Fsp3) is 0.143. The molecule has 0 atom stereocenters. The van der Waals surface area contributed by atoms with Gasteiger partial charge in [0.05, 0.1) is 22.0 Å². The molecule has 0 aliphatic rings. The third kappa shape index (κ3) is 3.40. The third-order valence-corrected chi connectivity index (χ3v) is 3.15. The Morgan fingerprint density at radius 2 is 1.14 bits per heavy atom. The molecule has 0 saturated heterocycles. The Labute approximate surface area is 123 Å². The first-order chi connectivity index (χ1) is 10.4. The molecule has 114 valence electrons. The maximum absolute atomic E-state index is 13.0. The Balaban J connectivity index is 2.28. The summed E-state index contributed by atoms with van der Waals surface area (Å²) in [5, 5.41) is 21.8. The number of benzene rings is 2. The molecule has 0 amide bonds. The van der Waals surface area contributed by atoms with E-state index in [9.17, 15) is 29.0 Å². The van der Waals surface area contributed by atoms with E-state index in [1.54, 1.807) is 0 Å². The van der Waals surface area contributed by atoms with E-state index in [0.717, 1.165) is 24.3 Å². The Morgan fingerprint density at radius 3 is 1.45 bits per heavy atom. The highest BCUT2D eigenvalue weighted by atomic mass is 19.1. The van der Waals surface area contributed by atoms with Gasteiger partial charge in [-0.3, -0.25) is 20.2 Å². The predicted octanol–water partition coefficient (Wildman–Crippen LogP) is 3.57. The van der Waals surface area contributed by atoms with Crippen LogP contribution in [0.25, 0.3) is 0 Å². The largest absolute Gasteiger partial charge is 0.275 e. The number of hydrogen-bond acceptors (Lipinski definition) is 4. The first-order valence-corrected chi connectivity index (χ1v) is 6.24. The van der Waals surface area contributed by atoms with Gasteiger partial charge in [0, 0.05) is 11.1 Å². The van der Waals surface area contributed by atoms with Crippen LogP contribution in [0.5, 0.6) is 0 Å². The number of nitro benzene ring substituents is 2.